The molecule has 0 atom stereocenters. The van der Waals surface area contributed by atoms with E-state index in [1.54, 1.807) is 6.92 Å². The van der Waals surface area contributed by atoms with Crippen molar-refractivity contribution < 1.29 is 72.5 Å². The summed E-state index contributed by atoms with van der Waals surface area (Å²) in [5, 5.41) is 0. The lowest BCUT2D eigenvalue weighted by molar-refractivity contribution is -0.246. The minimum absolute atomic E-state index is 0.00116. The molecule has 0 radical (unpaired) electrons. The maximum Gasteiger partial charge on any atom is 0.308 e. The molecule has 0 aliphatic carbocycles. The van der Waals surface area contributed by atoms with Gasteiger partial charge in [0.25, 0.3) is 0 Å². The van der Waals surface area contributed by atoms with Crippen molar-refractivity contribution >= 4 is 5.97 Å². The monoisotopic (exact) mass is 1350 g/mol. The maximum atomic E-state index is 10.8. The van der Waals surface area contributed by atoms with Crippen LogP contribution in [0.1, 0.15) is 312 Å². The van der Waals surface area contributed by atoms with Crippen molar-refractivity contribution in [3.8, 4) is 0 Å². The van der Waals surface area contributed by atoms with Gasteiger partial charge in [0, 0.05) is 39.6 Å². The van der Waals surface area contributed by atoms with Gasteiger partial charge in [0.1, 0.15) is 6.79 Å². The molecule has 0 saturated heterocycles. The number of rotatable bonds is 38. The van der Waals surface area contributed by atoms with Crippen LogP contribution in [0.25, 0.3) is 0 Å². The molecule has 0 aromatic carbocycles. The van der Waals surface area contributed by atoms with E-state index in [1.807, 2.05) is 152 Å². The third kappa shape index (κ3) is 161. The first-order valence-electron chi connectivity index (χ1n) is 37.0. The number of hydrogen-bond donors (Lipinski definition) is 0. The predicted molar refractivity (Wildman–Crippen MR) is 402 cm³/mol. The second-order valence-electron chi connectivity index (χ2n) is 30.2. The van der Waals surface area contributed by atoms with Crippen LogP contribution in [0.4, 0.5) is 0 Å². The molecule has 15 heteroatoms. The topological polar surface area (TPSA) is 146 Å². The molecule has 0 unspecified atom stereocenters. The van der Waals surface area contributed by atoms with E-state index in [-0.39, 0.29) is 48.5 Å². The van der Waals surface area contributed by atoms with Crippen molar-refractivity contribution in [2.75, 3.05) is 66.3 Å². The summed E-state index contributed by atoms with van der Waals surface area (Å²) < 4.78 is 81.4. The zero-order valence-corrected chi connectivity index (χ0v) is 70.7. The van der Waals surface area contributed by atoms with Gasteiger partial charge in [0.2, 0.25) is 0 Å². The van der Waals surface area contributed by atoms with E-state index in [9.17, 15) is 4.79 Å². The average Bonchev–Trinajstić information content (AvgIpc) is 0.983. The molecule has 0 bridgehead atoms. The number of esters is 1. The Morgan fingerprint density at radius 2 is 0.538 bits per heavy atom. The van der Waals surface area contributed by atoms with E-state index >= 15 is 0 Å². The molecule has 0 rings (SSSR count). The molecule has 0 heterocycles. The largest absolute Gasteiger partial charge is 0.465 e. The van der Waals surface area contributed by atoms with E-state index in [0.717, 1.165) is 51.5 Å². The summed E-state index contributed by atoms with van der Waals surface area (Å²) in [6.45, 7) is 95.2. The molecule has 0 N–H and O–H groups in total. The molecule has 15 nitrogen and oxygen atoms in total. The summed E-state index contributed by atoms with van der Waals surface area (Å²) in [6, 6.07) is 0. The molecule has 0 aliphatic rings. The highest BCUT2D eigenvalue weighted by molar-refractivity contribution is 5.71. The lowest BCUT2D eigenvalue weighted by Crippen LogP contribution is -2.33. The van der Waals surface area contributed by atoms with Crippen molar-refractivity contribution in [1.29, 1.82) is 0 Å². The molecule has 0 spiro atoms. The zero-order valence-electron chi connectivity index (χ0n) is 71.7. The Balaban J connectivity index is -0.000000104. The highest BCUT2D eigenvalue weighted by Gasteiger charge is 2.21. The van der Waals surface area contributed by atoms with E-state index in [0.29, 0.717) is 92.8 Å². The Morgan fingerprint density at radius 3 is 0.720 bits per heavy atom. The van der Waals surface area contributed by atoms with Gasteiger partial charge in [-0.3, -0.25) is 4.79 Å². The molecule has 0 saturated carbocycles. The third-order valence-corrected chi connectivity index (χ3v) is 9.38. The fraction of sp³-hybridized carbons (Fsp3) is 0.987. The lowest BCUT2D eigenvalue weighted by Gasteiger charge is -2.29. The van der Waals surface area contributed by atoms with Crippen LogP contribution >= 0.6 is 0 Å². The fourth-order valence-corrected chi connectivity index (χ4v) is 5.54. The molecule has 0 amide bonds. The molecule has 0 aromatic heterocycles. The van der Waals surface area contributed by atoms with Crippen LogP contribution in [-0.2, 0) is 71.1 Å². The molecule has 576 valence electrons. The molecule has 0 aliphatic heterocycles. The third-order valence-electron chi connectivity index (χ3n) is 9.38. The maximum absolute atomic E-state index is 10.8. The highest BCUT2D eigenvalue weighted by atomic mass is 16.7. The number of ether oxygens (including phenoxy) is 14. The van der Waals surface area contributed by atoms with Gasteiger partial charge in [-0.15, -0.1) is 0 Å². The van der Waals surface area contributed by atoms with E-state index in [2.05, 4.69) is 138 Å². The minimum Gasteiger partial charge on any atom is -0.465 e. The molecule has 0 fully saturated rings. The van der Waals surface area contributed by atoms with Gasteiger partial charge in [-0.25, -0.2) is 0 Å². The van der Waals surface area contributed by atoms with Crippen LogP contribution in [-0.4, -0.2) is 158 Å². The molecular weight excluding hydrogens is 1180 g/mol. The normalized spacial score (nSPS) is 11.8. The van der Waals surface area contributed by atoms with Gasteiger partial charge >= 0.3 is 5.97 Å². The fourth-order valence-electron chi connectivity index (χ4n) is 5.54. The highest BCUT2D eigenvalue weighted by Crippen LogP contribution is 2.16. The van der Waals surface area contributed by atoms with E-state index in [1.165, 1.54) is 12.8 Å². The summed E-state index contributed by atoms with van der Waals surface area (Å²) in [7, 11) is 0. The smallest absolute Gasteiger partial charge is 0.308 e. The second kappa shape index (κ2) is 78.3. The summed E-state index contributed by atoms with van der Waals surface area (Å²) >= 11 is 0. The van der Waals surface area contributed by atoms with Gasteiger partial charge in [0.05, 0.1) is 100 Å². The quantitative estimate of drug-likeness (QED) is 0.0328. The predicted octanol–water partition coefficient (Wildman–Crippen LogP) is 21.6. The first kappa shape index (κ1) is 111. The standard InChI is InChI=1S/C9H20O2.2C8H18O2.C8H16O2.3C8H18O.C7H16O2.2C7H16O/c1-7(2)10-9(5,6)11-8(3)4;1-7(2)9-5-6-10-8(3)4;1-6(2)9-8(5)10-7(3)4;1-6(2)5-10-8(9)7(3)4;1-7(2)5-9-6-8(3)4;2*1-7(2)5-6-9-8(3)4;1-6(2)8-5-9-7(3)4;2*1-6(2)5-8-7(3)4/h7-8H,1-6H3;7-8H,5-6H2,1-4H3;6-8H,1-5H3;6-7H,5H2,1-4H3;3*7-8H,5-6H2,1-4H3;6-7H,5H2,1-4H3;2*6-7H,5H2,1-4H3/i;;8D;;;;;;;. The Hall–Kier alpha value is -1.05. The first-order valence-corrected chi connectivity index (χ1v) is 36.5. The summed E-state index contributed by atoms with van der Waals surface area (Å²) in [5.74, 6) is 4.08. The van der Waals surface area contributed by atoms with Gasteiger partial charge in [-0.2, -0.15) is 0 Å². The van der Waals surface area contributed by atoms with E-state index in [4.69, 9.17) is 67.7 Å². The van der Waals surface area contributed by atoms with Crippen LogP contribution in [0.2, 0.25) is 0 Å². The van der Waals surface area contributed by atoms with Crippen molar-refractivity contribution in [2.45, 2.75) is 396 Å². The summed E-state index contributed by atoms with van der Waals surface area (Å²) in [5.41, 5.74) is 0. The van der Waals surface area contributed by atoms with Crippen LogP contribution in [0, 0.1) is 47.3 Å². The summed E-state index contributed by atoms with van der Waals surface area (Å²) in [6.07, 6.45) is 4.35. The molecule has 0 aromatic rings. The van der Waals surface area contributed by atoms with Crippen LogP contribution in [0.3, 0.4) is 0 Å². The van der Waals surface area contributed by atoms with Crippen LogP contribution in [0.15, 0.2) is 0 Å². The first-order chi connectivity index (χ1) is 42.6. The van der Waals surface area contributed by atoms with Gasteiger partial charge in [0.15, 0.2) is 12.1 Å². The van der Waals surface area contributed by atoms with Crippen molar-refractivity contribution in [3.63, 3.8) is 0 Å². The average molecular weight is 1350 g/mol. The number of carbonyl (C=O) groups is 1. The lowest BCUT2D eigenvalue weighted by atomic mass is 10.1. The van der Waals surface area contributed by atoms with Gasteiger partial charge < -0.3 is 66.3 Å². The Morgan fingerprint density at radius 1 is 0.290 bits per heavy atom. The van der Waals surface area contributed by atoms with Crippen molar-refractivity contribution in [2.24, 2.45) is 47.3 Å². The zero-order chi connectivity index (χ0) is 76.5. The number of carbonyl (C=O) groups excluding carboxylic acids is 1. The van der Waals surface area contributed by atoms with Crippen molar-refractivity contribution in [3.05, 3.63) is 0 Å². The van der Waals surface area contributed by atoms with E-state index < -0.39 is 12.1 Å². The van der Waals surface area contributed by atoms with Crippen LogP contribution in [0.5, 0.6) is 0 Å². The SMILES string of the molecule is CC(C)CCOC(C)C.CC(C)CCOC(C)C.CC(C)COC(=O)C(C)C.CC(C)COC(C)C.CC(C)COC(C)C.CC(C)COCC(C)C.CC(C)OC(C)(C)OC(C)C.CC(C)OCCOC(C)C.CC(C)OCOC(C)C.[2H]C(C)(OC(C)C)OC(C)C. The van der Waals surface area contributed by atoms with Gasteiger partial charge in [-0.05, 0) is 241 Å². The van der Waals surface area contributed by atoms with Crippen molar-refractivity contribution in [1.82, 2.24) is 0 Å². The van der Waals surface area contributed by atoms with Crippen LogP contribution < -0.4 is 0 Å². The second-order valence-corrected chi connectivity index (χ2v) is 30.2. The Labute approximate surface area is 585 Å². The van der Waals surface area contributed by atoms with Gasteiger partial charge in [-0.1, -0.05) is 111 Å². The Bertz CT molecular complexity index is 1210. The molecule has 93 heavy (non-hydrogen) atoms. The molecular formula is C78H174O15. The Kier molecular flexibility index (Phi) is 93.1. The summed E-state index contributed by atoms with van der Waals surface area (Å²) in [4.78, 5) is 10.8. The minimum atomic E-state index is -1.21. The number of hydrogen-bond acceptors (Lipinski definition) is 15.